The van der Waals surface area contributed by atoms with E-state index in [2.05, 4.69) is 0 Å². The van der Waals surface area contributed by atoms with Crippen molar-refractivity contribution in [2.24, 2.45) is 5.92 Å². The Morgan fingerprint density at radius 2 is 2.03 bits per heavy atom. The van der Waals surface area contributed by atoms with Gasteiger partial charge in [-0.2, -0.15) is 0 Å². The Labute approximate surface area is 182 Å². The number of hydrogen-bond donors (Lipinski definition) is 2. The van der Waals surface area contributed by atoms with E-state index < -0.39 is 11.6 Å². The highest BCUT2D eigenvalue weighted by molar-refractivity contribution is 6.12. The van der Waals surface area contributed by atoms with Crippen molar-refractivity contribution in [2.45, 2.75) is 44.9 Å². The molecule has 2 aliphatic heterocycles. The van der Waals surface area contributed by atoms with Crippen molar-refractivity contribution < 1.29 is 24.5 Å². The number of carbonyl (C=O) groups excluding carboxylic acids is 2. The lowest BCUT2D eigenvalue weighted by Gasteiger charge is -2.31. The maximum absolute atomic E-state index is 13.4. The molecule has 0 saturated heterocycles. The van der Waals surface area contributed by atoms with E-state index in [0.29, 0.717) is 33.4 Å². The number of carbonyl (C=O) groups is 2. The van der Waals surface area contributed by atoms with Crippen LogP contribution in [0.4, 0.5) is 0 Å². The largest absolute Gasteiger partial charge is 0.508 e. The zero-order chi connectivity index (χ0) is 22.4. The number of pyridine rings is 2. The molecule has 3 aliphatic rings. The number of aliphatic hydroxyl groups is 1. The number of nitrogens with zero attached hydrogens (tertiary/aromatic N) is 2. The van der Waals surface area contributed by atoms with Gasteiger partial charge in [0.1, 0.15) is 12.4 Å². The Morgan fingerprint density at radius 1 is 1.25 bits per heavy atom. The predicted molar refractivity (Wildman–Crippen MR) is 113 cm³/mol. The number of benzene rings is 1. The van der Waals surface area contributed by atoms with Crippen LogP contribution in [0.25, 0.3) is 22.3 Å². The number of hydrogen-bond acceptors (Lipinski definition) is 7. The van der Waals surface area contributed by atoms with Crippen LogP contribution in [0.5, 0.6) is 5.75 Å². The molecule has 32 heavy (non-hydrogen) atoms. The van der Waals surface area contributed by atoms with Crippen molar-refractivity contribution in [3.63, 3.8) is 0 Å². The Kier molecular flexibility index (Phi) is 3.75. The van der Waals surface area contributed by atoms with Gasteiger partial charge in [-0.1, -0.05) is 6.92 Å². The summed E-state index contributed by atoms with van der Waals surface area (Å²) in [5.41, 5.74) is 0.816. The van der Waals surface area contributed by atoms with Crippen LogP contribution in [0.3, 0.4) is 0 Å². The maximum Gasteiger partial charge on any atom is 0.343 e. The molecule has 1 atom stereocenters. The van der Waals surface area contributed by atoms with Gasteiger partial charge in [-0.25, -0.2) is 9.78 Å². The Bertz CT molecular complexity index is 1430. The lowest BCUT2D eigenvalue weighted by molar-refractivity contribution is -0.172. The minimum atomic E-state index is -1.90. The third-order valence-corrected chi connectivity index (χ3v) is 6.87. The van der Waals surface area contributed by atoms with Crippen LogP contribution in [0.2, 0.25) is 0 Å². The van der Waals surface area contributed by atoms with Crippen LogP contribution < -0.4 is 5.56 Å². The third kappa shape index (κ3) is 2.41. The molecule has 0 spiro atoms. The summed E-state index contributed by atoms with van der Waals surface area (Å²) < 4.78 is 6.63. The number of esters is 1. The van der Waals surface area contributed by atoms with Gasteiger partial charge < -0.3 is 19.5 Å². The third-order valence-electron chi connectivity index (χ3n) is 6.87. The number of ether oxygens (including phenoxy) is 1. The maximum atomic E-state index is 13.4. The molecular formula is C24H20N2O6. The number of Topliss-reactive ketones (excluding diaryl/α,β-unsaturated/α-hetero) is 1. The van der Waals surface area contributed by atoms with E-state index in [0.717, 1.165) is 12.8 Å². The molecular weight excluding hydrogens is 412 g/mol. The van der Waals surface area contributed by atoms with E-state index >= 15 is 0 Å². The Hall–Kier alpha value is -3.52. The number of fused-ring (bicyclic) bond motifs is 5. The molecule has 6 rings (SSSR count). The number of aromatic hydroxyl groups is 1. The topological polar surface area (TPSA) is 119 Å². The van der Waals surface area contributed by atoms with E-state index in [1.54, 1.807) is 19.1 Å². The minimum Gasteiger partial charge on any atom is -0.508 e. The quantitative estimate of drug-likeness (QED) is 0.377. The van der Waals surface area contributed by atoms with Crippen LogP contribution in [-0.4, -0.2) is 31.5 Å². The molecule has 1 saturated carbocycles. The van der Waals surface area contributed by atoms with Gasteiger partial charge in [0.05, 0.1) is 29.0 Å². The second-order valence-corrected chi connectivity index (χ2v) is 8.76. The number of phenolic OH excluding ortho intramolecular Hbond substituents is 1. The molecule has 1 unspecified atom stereocenters. The average molecular weight is 432 g/mol. The second kappa shape index (κ2) is 6.26. The van der Waals surface area contributed by atoms with Gasteiger partial charge in [0.15, 0.2) is 11.4 Å². The predicted octanol–water partition coefficient (Wildman–Crippen LogP) is 2.38. The highest BCUT2D eigenvalue weighted by atomic mass is 16.6. The van der Waals surface area contributed by atoms with E-state index in [-0.39, 0.29) is 53.7 Å². The van der Waals surface area contributed by atoms with E-state index in [1.165, 1.54) is 16.7 Å². The molecule has 8 nitrogen and oxygen atoms in total. The average Bonchev–Trinajstić information content (AvgIpc) is 3.57. The first-order chi connectivity index (χ1) is 15.3. The Balaban J connectivity index is 1.67. The van der Waals surface area contributed by atoms with Gasteiger partial charge in [0, 0.05) is 28.0 Å². The molecule has 1 fully saturated rings. The highest BCUT2D eigenvalue weighted by Gasteiger charge is 2.46. The summed E-state index contributed by atoms with van der Waals surface area (Å²) in [5, 5.41) is 21.6. The second-order valence-electron chi connectivity index (χ2n) is 8.76. The molecule has 0 radical (unpaired) electrons. The van der Waals surface area contributed by atoms with E-state index in [1.807, 2.05) is 0 Å². The van der Waals surface area contributed by atoms with Crippen molar-refractivity contribution in [2.75, 3.05) is 0 Å². The smallest absolute Gasteiger partial charge is 0.343 e. The number of rotatable bonds is 3. The van der Waals surface area contributed by atoms with Gasteiger partial charge in [-0.15, -0.1) is 0 Å². The SMILES string of the molecule is CCC1(O)C(=O)OCc2c1cc1n(c2=O)Cc2c-1nc1ccc(O)cc1c2C(=O)C1CC1. The molecule has 1 aromatic carbocycles. The van der Waals surface area contributed by atoms with Gasteiger partial charge in [0.25, 0.3) is 5.56 Å². The molecule has 8 heteroatoms. The van der Waals surface area contributed by atoms with Crippen molar-refractivity contribution in [3.05, 3.63) is 56.9 Å². The number of aromatic nitrogens is 2. The number of phenols is 1. The fourth-order valence-electron chi connectivity index (χ4n) is 4.90. The molecule has 0 bridgehead atoms. The molecule has 4 heterocycles. The molecule has 3 aromatic rings. The molecule has 1 aliphatic carbocycles. The summed E-state index contributed by atoms with van der Waals surface area (Å²) >= 11 is 0. The lowest BCUT2D eigenvalue weighted by atomic mass is 9.86. The molecule has 2 N–H and O–H groups in total. The summed E-state index contributed by atoms with van der Waals surface area (Å²) in [7, 11) is 0. The first-order valence-corrected chi connectivity index (χ1v) is 10.7. The van der Waals surface area contributed by atoms with Crippen molar-refractivity contribution >= 4 is 22.7 Å². The van der Waals surface area contributed by atoms with Crippen molar-refractivity contribution in [3.8, 4) is 17.1 Å². The first-order valence-electron chi connectivity index (χ1n) is 10.7. The van der Waals surface area contributed by atoms with Gasteiger partial charge in [-0.05, 0) is 43.5 Å². The fourth-order valence-corrected chi connectivity index (χ4v) is 4.90. The monoisotopic (exact) mass is 432 g/mol. The fraction of sp³-hybridized carbons (Fsp3) is 0.333. The minimum absolute atomic E-state index is 0.00607. The van der Waals surface area contributed by atoms with E-state index in [4.69, 9.17) is 9.72 Å². The van der Waals surface area contributed by atoms with Gasteiger partial charge in [0.2, 0.25) is 0 Å². The van der Waals surface area contributed by atoms with Crippen LogP contribution in [0.15, 0.2) is 29.1 Å². The van der Waals surface area contributed by atoms with Crippen molar-refractivity contribution in [1.82, 2.24) is 9.55 Å². The lowest BCUT2D eigenvalue weighted by Crippen LogP contribution is -2.44. The first kappa shape index (κ1) is 19.2. The molecule has 0 amide bonds. The van der Waals surface area contributed by atoms with E-state index in [9.17, 15) is 24.6 Å². The zero-order valence-corrected chi connectivity index (χ0v) is 17.3. The van der Waals surface area contributed by atoms with Crippen LogP contribution in [-0.2, 0) is 28.3 Å². The summed E-state index contributed by atoms with van der Waals surface area (Å²) in [4.78, 5) is 43.7. The summed E-state index contributed by atoms with van der Waals surface area (Å²) in [6.45, 7) is 1.60. The summed E-state index contributed by atoms with van der Waals surface area (Å²) in [5.74, 6) is -0.803. The normalized spacial score (nSPS) is 21.1. The van der Waals surface area contributed by atoms with Gasteiger partial charge >= 0.3 is 5.97 Å². The number of ketones is 1. The standard InChI is InChI=1S/C24H20N2O6/c1-2-24(31)16-8-18-20-14(9-26(18)22(29)15(16)10-32-23(24)30)19(21(28)11-3-4-11)13-7-12(27)5-6-17(13)25-20/h5-8,11,27,31H,2-4,9-10H2,1H3. The molecule has 162 valence electrons. The highest BCUT2D eigenvalue weighted by Crippen LogP contribution is 2.43. The summed E-state index contributed by atoms with van der Waals surface area (Å²) in [6.07, 6.45) is 1.70. The van der Waals surface area contributed by atoms with Crippen molar-refractivity contribution in [1.29, 1.82) is 0 Å². The molecule has 2 aromatic heterocycles. The zero-order valence-electron chi connectivity index (χ0n) is 17.3. The Morgan fingerprint density at radius 3 is 2.75 bits per heavy atom. The van der Waals surface area contributed by atoms with Crippen LogP contribution in [0.1, 0.15) is 53.2 Å². The van der Waals surface area contributed by atoms with Gasteiger partial charge in [-0.3, -0.25) is 9.59 Å². The number of cyclic esters (lactones) is 1. The summed E-state index contributed by atoms with van der Waals surface area (Å²) in [6, 6.07) is 6.33. The van der Waals surface area contributed by atoms with Crippen LogP contribution >= 0.6 is 0 Å². The van der Waals surface area contributed by atoms with Crippen LogP contribution in [0, 0.1) is 5.92 Å².